The molecule has 2 atom stereocenters. The fourth-order valence-corrected chi connectivity index (χ4v) is 4.14. The van der Waals surface area contributed by atoms with Crippen LogP contribution in [0.1, 0.15) is 51.1 Å². The molecule has 0 radical (unpaired) electrons. The number of nitrogens with zero attached hydrogens (tertiary/aromatic N) is 1. The van der Waals surface area contributed by atoms with Gasteiger partial charge in [0.15, 0.2) is 5.96 Å². The summed E-state index contributed by atoms with van der Waals surface area (Å²) in [6.07, 6.45) is 4.16. The zero-order chi connectivity index (χ0) is 21.8. The van der Waals surface area contributed by atoms with Gasteiger partial charge in [0.1, 0.15) is 0 Å². The Balaban J connectivity index is 1.52. The van der Waals surface area contributed by atoms with Crippen LogP contribution >= 0.6 is 0 Å². The lowest BCUT2D eigenvalue weighted by atomic mass is 9.88. The van der Waals surface area contributed by atoms with Crippen LogP contribution in [0.5, 0.6) is 0 Å². The first-order chi connectivity index (χ1) is 15.2. The van der Waals surface area contributed by atoms with E-state index in [1.165, 1.54) is 5.56 Å². The molecule has 7 heteroatoms. The molecule has 2 unspecified atom stereocenters. The van der Waals surface area contributed by atoms with Crippen molar-refractivity contribution in [3.63, 3.8) is 0 Å². The van der Waals surface area contributed by atoms with E-state index in [2.05, 4.69) is 60.1 Å². The lowest BCUT2D eigenvalue weighted by Crippen LogP contribution is -2.53. The number of rotatable bonds is 11. The Morgan fingerprint density at radius 3 is 2.68 bits per heavy atom. The number of guanidine groups is 1. The van der Waals surface area contributed by atoms with Crippen LogP contribution < -0.4 is 16.0 Å². The van der Waals surface area contributed by atoms with Gasteiger partial charge in [0.05, 0.1) is 19.3 Å². The van der Waals surface area contributed by atoms with E-state index in [1.807, 2.05) is 0 Å². The highest BCUT2D eigenvalue weighted by Crippen LogP contribution is 2.26. The fraction of sp³-hybridized carbons (Fsp3) is 0.708. The summed E-state index contributed by atoms with van der Waals surface area (Å²) in [5.74, 6) is 0.867. The third kappa shape index (κ3) is 8.07. The molecule has 7 nitrogen and oxygen atoms in total. The molecular weight excluding hydrogens is 392 g/mol. The zero-order valence-corrected chi connectivity index (χ0v) is 19.2. The Hall–Kier alpha value is -1.67. The van der Waals surface area contributed by atoms with Crippen molar-refractivity contribution in [3.05, 3.63) is 35.9 Å². The smallest absolute Gasteiger partial charge is 0.191 e. The van der Waals surface area contributed by atoms with E-state index in [0.29, 0.717) is 0 Å². The number of ether oxygens (including phenoxy) is 3. The molecule has 174 valence electrons. The van der Waals surface area contributed by atoms with Crippen molar-refractivity contribution < 1.29 is 14.2 Å². The van der Waals surface area contributed by atoms with Crippen molar-refractivity contribution in [1.29, 1.82) is 0 Å². The van der Waals surface area contributed by atoms with Gasteiger partial charge in [-0.3, -0.25) is 4.99 Å². The average Bonchev–Trinajstić information content (AvgIpc) is 3.32. The molecule has 0 amide bonds. The molecule has 3 rings (SSSR count). The standard InChI is InChI=1S/C24H40N4O3/c1-3-25-23(26-13-7-14-31-22-10-15-30-18-22)27-19-24(11-16-29-17-12-24)28-20(2)21-8-5-4-6-9-21/h4-6,8-9,20,22,28H,3,7,10-19H2,1-2H3,(H2,25,26,27). The predicted octanol–water partition coefficient (Wildman–Crippen LogP) is 2.64. The first-order valence-electron chi connectivity index (χ1n) is 11.8. The second-order valence-corrected chi connectivity index (χ2v) is 8.50. The van der Waals surface area contributed by atoms with E-state index in [9.17, 15) is 0 Å². The van der Waals surface area contributed by atoms with Crippen molar-refractivity contribution in [2.75, 3.05) is 52.7 Å². The molecule has 2 heterocycles. The molecule has 2 aliphatic heterocycles. The largest absolute Gasteiger partial charge is 0.381 e. The van der Waals surface area contributed by atoms with Crippen LogP contribution in [-0.4, -0.2) is 70.3 Å². The highest BCUT2D eigenvalue weighted by atomic mass is 16.5. The van der Waals surface area contributed by atoms with Gasteiger partial charge in [-0.2, -0.15) is 0 Å². The molecule has 0 aromatic heterocycles. The number of nitrogens with one attached hydrogen (secondary N) is 3. The van der Waals surface area contributed by atoms with Crippen molar-refractivity contribution in [1.82, 2.24) is 16.0 Å². The third-order valence-corrected chi connectivity index (χ3v) is 6.01. The van der Waals surface area contributed by atoms with Gasteiger partial charge in [-0.25, -0.2) is 0 Å². The first-order valence-corrected chi connectivity index (χ1v) is 11.8. The van der Waals surface area contributed by atoms with Crippen LogP contribution in [-0.2, 0) is 14.2 Å². The van der Waals surface area contributed by atoms with Gasteiger partial charge in [-0.15, -0.1) is 0 Å². The summed E-state index contributed by atoms with van der Waals surface area (Å²) in [5.41, 5.74) is 1.25. The SMILES string of the molecule is CCNC(=NCC1(NC(C)c2ccccc2)CCOCC1)NCCCOC1CCOC1. The first kappa shape index (κ1) is 24.0. The Kier molecular flexibility index (Phi) is 10.1. The molecular formula is C24H40N4O3. The molecule has 2 fully saturated rings. The number of hydrogen-bond acceptors (Lipinski definition) is 5. The lowest BCUT2D eigenvalue weighted by molar-refractivity contribution is 0.0374. The Morgan fingerprint density at radius 1 is 1.16 bits per heavy atom. The summed E-state index contributed by atoms with van der Waals surface area (Å²) < 4.78 is 16.9. The number of hydrogen-bond donors (Lipinski definition) is 3. The van der Waals surface area contributed by atoms with Crippen LogP contribution in [0.4, 0.5) is 0 Å². The van der Waals surface area contributed by atoms with E-state index in [-0.39, 0.29) is 17.7 Å². The molecule has 1 aromatic rings. The van der Waals surface area contributed by atoms with Crippen LogP contribution in [0.25, 0.3) is 0 Å². The average molecular weight is 433 g/mol. The van der Waals surface area contributed by atoms with Gasteiger partial charge in [0.25, 0.3) is 0 Å². The maximum atomic E-state index is 5.85. The summed E-state index contributed by atoms with van der Waals surface area (Å²) in [7, 11) is 0. The van der Waals surface area contributed by atoms with Crippen LogP contribution in [0.15, 0.2) is 35.3 Å². The van der Waals surface area contributed by atoms with Crippen LogP contribution in [0.3, 0.4) is 0 Å². The minimum atomic E-state index is -0.0541. The van der Waals surface area contributed by atoms with Gasteiger partial charge in [-0.1, -0.05) is 30.3 Å². The molecule has 31 heavy (non-hydrogen) atoms. The summed E-state index contributed by atoms with van der Waals surface area (Å²) in [6, 6.07) is 10.9. The maximum absolute atomic E-state index is 5.85. The minimum Gasteiger partial charge on any atom is -0.381 e. The number of benzene rings is 1. The highest BCUT2D eigenvalue weighted by Gasteiger charge is 2.34. The topological polar surface area (TPSA) is 76.1 Å². The van der Waals surface area contributed by atoms with Gasteiger partial charge in [0, 0.05) is 51.1 Å². The van der Waals surface area contributed by atoms with E-state index < -0.39 is 0 Å². The molecule has 2 aliphatic rings. The lowest BCUT2D eigenvalue weighted by Gasteiger charge is -2.39. The minimum absolute atomic E-state index is 0.0541. The zero-order valence-electron chi connectivity index (χ0n) is 19.2. The van der Waals surface area contributed by atoms with Crippen molar-refractivity contribution in [2.24, 2.45) is 4.99 Å². The maximum Gasteiger partial charge on any atom is 0.191 e. The van der Waals surface area contributed by atoms with Crippen LogP contribution in [0, 0.1) is 0 Å². The fourth-order valence-electron chi connectivity index (χ4n) is 4.14. The van der Waals surface area contributed by atoms with Gasteiger partial charge in [-0.05, 0) is 45.1 Å². The molecule has 0 saturated carbocycles. The summed E-state index contributed by atoms with van der Waals surface area (Å²) in [5, 5.41) is 10.7. The summed E-state index contributed by atoms with van der Waals surface area (Å²) in [6.45, 7) is 10.6. The Morgan fingerprint density at radius 2 is 1.97 bits per heavy atom. The Labute approximate surface area is 187 Å². The molecule has 2 saturated heterocycles. The second kappa shape index (κ2) is 13.0. The van der Waals surface area contributed by atoms with Crippen LogP contribution in [0.2, 0.25) is 0 Å². The van der Waals surface area contributed by atoms with E-state index >= 15 is 0 Å². The molecule has 1 aromatic carbocycles. The van der Waals surface area contributed by atoms with E-state index in [1.54, 1.807) is 0 Å². The normalized spacial score (nSPS) is 22.3. The summed E-state index contributed by atoms with van der Waals surface area (Å²) in [4.78, 5) is 4.95. The third-order valence-electron chi connectivity index (χ3n) is 6.01. The quantitative estimate of drug-likeness (QED) is 0.284. The molecule has 0 spiro atoms. The van der Waals surface area contributed by atoms with E-state index in [0.717, 1.165) is 84.3 Å². The van der Waals surface area contributed by atoms with Crippen molar-refractivity contribution in [3.8, 4) is 0 Å². The highest BCUT2D eigenvalue weighted by molar-refractivity contribution is 5.79. The van der Waals surface area contributed by atoms with Gasteiger partial charge < -0.3 is 30.2 Å². The van der Waals surface area contributed by atoms with Crippen molar-refractivity contribution >= 4 is 5.96 Å². The Bertz CT molecular complexity index is 643. The van der Waals surface area contributed by atoms with Crippen molar-refractivity contribution in [2.45, 2.75) is 57.2 Å². The van der Waals surface area contributed by atoms with Gasteiger partial charge in [0.2, 0.25) is 0 Å². The predicted molar refractivity (Wildman–Crippen MR) is 125 cm³/mol. The summed E-state index contributed by atoms with van der Waals surface area (Å²) >= 11 is 0. The van der Waals surface area contributed by atoms with E-state index in [4.69, 9.17) is 19.2 Å². The monoisotopic (exact) mass is 432 g/mol. The molecule has 3 N–H and O–H groups in total. The molecule has 0 aliphatic carbocycles. The molecule has 0 bridgehead atoms. The number of aliphatic imine (C=N–C) groups is 1. The van der Waals surface area contributed by atoms with Gasteiger partial charge >= 0.3 is 0 Å². The second-order valence-electron chi connectivity index (χ2n) is 8.50.